The van der Waals surface area contributed by atoms with E-state index in [1.807, 2.05) is 56.3 Å². The summed E-state index contributed by atoms with van der Waals surface area (Å²) in [5.74, 6) is 0.172. The van der Waals surface area contributed by atoms with E-state index in [1.165, 1.54) is 0 Å². The zero-order valence-corrected chi connectivity index (χ0v) is 13.2. The van der Waals surface area contributed by atoms with Crippen LogP contribution in [0.4, 0.5) is 0 Å². The molecule has 0 fully saturated rings. The van der Waals surface area contributed by atoms with Gasteiger partial charge in [0.05, 0.1) is 0 Å². The molecule has 0 radical (unpaired) electrons. The summed E-state index contributed by atoms with van der Waals surface area (Å²) in [6.07, 6.45) is -0.264. The second-order valence-corrected chi connectivity index (χ2v) is 5.08. The van der Waals surface area contributed by atoms with Crippen LogP contribution in [0.2, 0.25) is 0 Å². The maximum Gasteiger partial charge on any atom is 0.375 e. The quantitative estimate of drug-likeness (QED) is 0.385. The van der Waals surface area contributed by atoms with Gasteiger partial charge in [-0.1, -0.05) is 60.1 Å². The number of hydrogen-bond donors (Lipinski definition) is 1. The summed E-state index contributed by atoms with van der Waals surface area (Å²) in [4.78, 5) is 17.0. The van der Waals surface area contributed by atoms with Gasteiger partial charge in [-0.2, -0.15) is 0 Å². The molecule has 5 heteroatoms. The van der Waals surface area contributed by atoms with Crippen molar-refractivity contribution in [2.24, 2.45) is 10.9 Å². The van der Waals surface area contributed by atoms with Crippen LogP contribution in [0.5, 0.6) is 5.75 Å². The number of ether oxygens (including phenoxy) is 1. The fourth-order valence-corrected chi connectivity index (χ4v) is 1.89. The van der Waals surface area contributed by atoms with E-state index in [4.69, 9.17) is 15.3 Å². The molecule has 0 aliphatic carbocycles. The van der Waals surface area contributed by atoms with Crippen LogP contribution < -0.4 is 10.5 Å². The van der Waals surface area contributed by atoms with Gasteiger partial charge < -0.3 is 15.3 Å². The minimum absolute atomic E-state index is 0.146. The Morgan fingerprint density at radius 3 is 2.39 bits per heavy atom. The number of benzene rings is 2. The molecule has 0 spiro atoms. The van der Waals surface area contributed by atoms with Crippen molar-refractivity contribution in [3.05, 3.63) is 65.7 Å². The molecular weight excluding hydrogens is 292 g/mol. The van der Waals surface area contributed by atoms with Gasteiger partial charge in [0.15, 0.2) is 11.9 Å². The molecule has 2 N–H and O–H groups in total. The predicted octanol–water partition coefficient (Wildman–Crippen LogP) is 3.02. The highest BCUT2D eigenvalue weighted by Gasteiger charge is 2.20. The molecule has 2 aromatic rings. The molecule has 0 unspecified atom stereocenters. The van der Waals surface area contributed by atoms with Crippen molar-refractivity contribution < 1.29 is 14.4 Å². The van der Waals surface area contributed by atoms with Crippen LogP contribution >= 0.6 is 0 Å². The van der Waals surface area contributed by atoms with Gasteiger partial charge in [0.2, 0.25) is 0 Å². The molecule has 23 heavy (non-hydrogen) atoms. The number of carbonyl (C=O) groups excluding carboxylic acids is 1. The van der Waals surface area contributed by atoms with Gasteiger partial charge in [-0.05, 0) is 25.5 Å². The number of oxime groups is 1. The summed E-state index contributed by atoms with van der Waals surface area (Å²) in [7, 11) is 0. The third-order valence-electron chi connectivity index (χ3n) is 3.24. The van der Waals surface area contributed by atoms with Crippen molar-refractivity contribution in [2.75, 3.05) is 0 Å². The van der Waals surface area contributed by atoms with Gasteiger partial charge in [-0.15, -0.1) is 0 Å². The van der Waals surface area contributed by atoms with Crippen LogP contribution in [-0.4, -0.2) is 17.9 Å². The Morgan fingerprint density at radius 2 is 1.78 bits per heavy atom. The summed E-state index contributed by atoms with van der Waals surface area (Å²) in [5, 5.41) is 3.70. The van der Waals surface area contributed by atoms with Crippen LogP contribution in [0, 0.1) is 6.92 Å². The zero-order chi connectivity index (χ0) is 16.7. The van der Waals surface area contributed by atoms with Gasteiger partial charge in [0.25, 0.3) is 0 Å². The smallest absolute Gasteiger partial charge is 0.375 e. The number of hydrogen-bond acceptors (Lipinski definition) is 4. The van der Waals surface area contributed by atoms with Crippen LogP contribution in [0.3, 0.4) is 0 Å². The number of carbonyl (C=O) groups is 1. The number of para-hydroxylation sites is 1. The minimum Gasteiger partial charge on any atom is -0.479 e. The molecule has 0 heterocycles. The number of nitrogens with zero attached hydrogens (tertiary/aromatic N) is 1. The van der Waals surface area contributed by atoms with E-state index in [0.717, 1.165) is 5.56 Å². The molecule has 0 aromatic heterocycles. The average molecular weight is 312 g/mol. The Bertz CT molecular complexity index is 666. The fourth-order valence-electron chi connectivity index (χ4n) is 1.89. The number of nitrogens with two attached hydrogens (primary N) is 1. The second-order valence-electron chi connectivity index (χ2n) is 5.08. The molecule has 2 rings (SSSR count). The first-order valence-corrected chi connectivity index (χ1v) is 7.43. The first kappa shape index (κ1) is 16.5. The summed E-state index contributed by atoms with van der Waals surface area (Å²) < 4.78 is 5.59. The molecule has 1 atom stereocenters. The molecule has 120 valence electrons. The van der Waals surface area contributed by atoms with Crippen molar-refractivity contribution >= 4 is 11.8 Å². The van der Waals surface area contributed by atoms with Gasteiger partial charge in [0.1, 0.15) is 5.75 Å². The Morgan fingerprint density at radius 1 is 1.13 bits per heavy atom. The molecule has 0 bridgehead atoms. The Hall–Kier alpha value is -2.82. The Labute approximate surface area is 135 Å². The van der Waals surface area contributed by atoms with Crippen molar-refractivity contribution in [1.29, 1.82) is 0 Å². The molecule has 0 aliphatic heterocycles. The van der Waals surface area contributed by atoms with Crippen molar-refractivity contribution in [3.8, 4) is 5.75 Å². The third-order valence-corrected chi connectivity index (χ3v) is 3.24. The van der Waals surface area contributed by atoms with Gasteiger partial charge >= 0.3 is 5.97 Å². The zero-order valence-electron chi connectivity index (χ0n) is 13.2. The normalized spacial score (nSPS) is 12.5. The summed E-state index contributed by atoms with van der Waals surface area (Å²) in [6, 6.07) is 16.6. The third kappa shape index (κ3) is 4.85. The highest BCUT2D eigenvalue weighted by atomic mass is 16.7. The van der Waals surface area contributed by atoms with Crippen LogP contribution in [-0.2, 0) is 9.63 Å². The van der Waals surface area contributed by atoms with E-state index in [-0.39, 0.29) is 5.84 Å². The highest BCUT2D eigenvalue weighted by Crippen LogP contribution is 2.13. The van der Waals surface area contributed by atoms with Crippen LogP contribution in [0.15, 0.2) is 59.8 Å². The predicted molar refractivity (Wildman–Crippen MR) is 89.1 cm³/mol. The van der Waals surface area contributed by atoms with Crippen molar-refractivity contribution in [3.63, 3.8) is 0 Å². The van der Waals surface area contributed by atoms with Gasteiger partial charge in [0, 0.05) is 5.56 Å². The lowest BCUT2D eigenvalue weighted by atomic mass is 10.1. The lowest BCUT2D eigenvalue weighted by Crippen LogP contribution is -2.28. The van der Waals surface area contributed by atoms with Gasteiger partial charge in [-0.25, -0.2) is 4.79 Å². The number of aryl methyl sites for hydroxylation is 1. The standard InChI is InChI=1S/C18H20N2O3/c1-3-16(22-15-7-5-4-6-8-15)18(21)23-20-17(19)14-11-9-13(2)10-12-14/h4-12,16H,3H2,1-2H3,(H2,19,20)/t16-/m1/s1. The summed E-state index contributed by atoms with van der Waals surface area (Å²) in [6.45, 7) is 3.81. The summed E-state index contributed by atoms with van der Waals surface area (Å²) in [5.41, 5.74) is 7.63. The Kier molecular flexibility index (Phi) is 5.74. The first-order valence-electron chi connectivity index (χ1n) is 7.43. The van der Waals surface area contributed by atoms with E-state index in [2.05, 4.69) is 5.16 Å². The van der Waals surface area contributed by atoms with Gasteiger partial charge in [-0.3, -0.25) is 0 Å². The largest absolute Gasteiger partial charge is 0.479 e. The lowest BCUT2D eigenvalue weighted by molar-refractivity contribution is -0.152. The Balaban J connectivity index is 1.98. The minimum atomic E-state index is -0.730. The second kappa shape index (κ2) is 7.98. The molecular formula is C18H20N2O3. The van der Waals surface area contributed by atoms with E-state index in [0.29, 0.717) is 17.7 Å². The number of amidine groups is 1. The SMILES string of the molecule is CC[C@@H](Oc1ccccc1)C(=O)O/N=C(/N)c1ccc(C)cc1. The van der Waals surface area contributed by atoms with E-state index in [9.17, 15) is 4.79 Å². The topological polar surface area (TPSA) is 73.9 Å². The molecule has 5 nitrogen and oxygen atoms in total. The van der Waals surface area contributed by atoms with Crippen LogP contribution in [0.25, 0.3) is 0 Å². The maximum absolute atomic E-state index is 12.1. The van der Waals surface area contributed by atoms with Crippen molar-refractivity contribution in [1.82, 2.24) is 0 Å². The lowest BCUT2D eigenvalue weighted by Gasteiger charge is -2.14. The molecule has 0 saturated heterocycles. The summed E-state index contributed by atoms with van der Waals surface area (Å²) >= 11 is 0. The number of rotatable bonds is 6. The van der Waals surface area contributed by atoms with E-state index in [1.54, 1.807) is 12.1 Å². The molecule has 0 amide bonds. The maximum atomic E-state index is 12.1. The van der Waals surface area contributed by atoms with Crippen molar-refractivity contribution in [2.45, 2.75) is 26.4 Å². The molecule has 0 aliphatic rings. The average Bonchev–Trinajstić information content (AvgIpc) is 2.58. The highest BCUT2D eigenvalue weighted by molar-refractivity contribution is 5.97. The first-order chi connectivity index (χ1) is 11.1. The molecule has 0 saturated carbocycles. The van der Waals surface area contributed by atoms with E-state index >= 15 is 0 Å². The monoisotopic (exact) mass is 312 g/mol. The molecule has 2 aromatic carbocycles. The van der Waals surface area contributed by atoms with Crippen LogP contribution in [0.1, 0.15) is 24.5 Å². The van der Waals surface area contributed by atoms with E-state index < -0.39 is 12.1 Å². The fraction of sp³-hybridized carbons (Fsp3) is 0.222.